The molecular weight excluding hydrogens is 300 g/mol. The number of rotatable bonds is 6. The van der Waals surface area contributed by atoms with Gasteiger partial charge in [0.15, 0.2) is 11.6 Å². The van der Waals surface area contributed by atoms with E-state index >= 15 is 0 Å². The van der Waals surface area contributed by atoms with Crippen molar-refractivity contribution in [2.75, 3.05) is 20.1 Å². The molecule has 0 fully saturated rings. The summed E-state index contributed by atoms with van der Waals surface area (Å²) in [7, 11) is 1.78. The lowest BCUT2D eigenvalue weighted by atomic mass is 10.1. The van der Waals surface area contributed by atoms with E-state index in [1.165, 1.54) is 5.56 Å². The average Bonchev–Trinajstić information content (AvgIpc) is 3.04. The van der Waals surface area contributed by atoms with Crippen LogP contribution in [0.1, 0.15) is 11.4 Å². The van der Waals surface area contributed by atoms with Crippen LogP contribution in [0.5, 0.6) is 0 Å². The number of guanidine groups is 1. The molecule has 0 saturated heterocycles. The second-order valence-electron chi connectivity index (χ2n) is 5.46. The van der Waals surface area contributed by atoms with Crippen molar-refractivity contribution < 1.29 is 0 Å². The van der Waals surface area contributed by atoms with Gasteiger partial charge in [-0.3, -0.25) is 9.39 Å². The first-order valence-corrected chi connectivity index (χ1v) is 8.14. The van der Waals surface area contributed by atoms with Gasteiger partial charge in [0.1, 0.15) is 5.82 Å². The zero-order valence-corrected chi connectivity index (χ0v) is 13.8. The van der Waals surface area contributed by atoms with Crippen LogP contribution in [0.25, 0.3) is 5.65 Å². The molecule has 2 heterocycles. The highest BCUT2D eigenvalue weighted by Gasteiger charge is 2.04. The summed E-state index contributed by atoms with van der Waals surface area (Å²) in [6.45, 7) is 1.60. The van der Waals surface area contributed by atoms with Crippen LogP contribution in [-0.4, -0.2) is 40.7 Å². The molecule has 124 valence electrons. The smallest absolute Gasteiger partial charge is 0.191 e. The minimum Gasteiger partial charge on any atom is -0.356 e. The van der Waals surface area contributed by atoms with Crippen molar-refractivity contribution in [2.24, 2.45) is 4.99 Å². The van der Waals surface area contributed by atoms with Crippen LogP contribution < -0.4 is 10.6 Å². The lowest BCUT2D eigenvalue weighted by Crippen LogP contribution is -2.39. The molecule has 0 aliphatic heterocycles. The number of aromatic nitrogens is 3. The normalized spacial score (nSPS) is 11.6. The first kappa shape index (κ1) is 16.0. The lowest BCUT2D eigenvalue weighted by molar-refractivity contribution is 0.756. The second kappa shape index (κ2) is 8.10. The molecule has 0 saturated carbocycles. The van der Waals surface area contributed by atoms with Gasteiger partial charge in [0, 0.05) is 32.8 Å². The van der Waals surface area contributed by atoms with E-state index in [4.69, 9.17) is 0 Å². The SMILES string of the molecule is CN=C(NCCc1ccccc1)NCCc1nnc2ccccn12. The zero-order chi connectivity index (χ0) is 16.6. The van der Waals surface area contributed by atoms with Crippen LogP contribution >= 0.6 is 0 Å². The van der Waals surface area contributed by atoms with Crippen molar-refractivity contribution in [3.8, 4) is 0 Å². The number of fused-ring (bicyclic) bond motifs is 1. The molecule has 0 amide bonds. The fourth-order valence-corrected chi connectivity index (χ4v) is 2.54. The van der Waals surface area contributed by atoms with Crippen molar-refractivity contribution in [1.29, 1.82) is 0 Å². The van der Waals surface area contributed by atoms with Gasteiger partial charge < -0.3 is 10.6 Å². The highest BCUT2D eigenvalue weighted by molar-refractivity contribution is 5.79. The molecule has 0 bridgehead atoms. The summed E-state index contributed by atoms with van der Waals surface area (Å²) in [4.78, 5) is 4.25. The Kier molecular flexibility index (Phi) is 5.40. The molecule has 24 heavy (non-hydrogen) atoms. The standard InChI is InChI=1S/C18H22N6/c1-19-18(20-12-10-15-7-3-2-4-8-15)21-13-11-17-23-22-16-9-5-6-14-24(16)17/h2-9,14H,10-13H2,1H3,(H2,19,20,21). The van der Waals surface area contributed by atoms with E-state index < -0.39 is 0 Å². The maximum atomic E-state index is 4.25. The molecule has 0 aliphatic carbocycles. The third kappa shape index (κ3) is 4.10. The number of hydrogen-bond acceptors (Lipinski definition) is 3. The van der Waals surface area contributed by atoms with Crippen LogP contribution in [0.4, 0.5) is 0 Å². The van der Waals surface area contributed by atoms with Gasteiger partial charge in [-0.1, -0.05) is 36.4 Å². The molecule has 0 unspecified atom stereocenters. The quantitative estimate of drug-likeness (QED) is 0.535. The zero-order valence-electron chi connectivity index (χ0n) is 13.8. The van der Waals surface area contributed by atoms with Crippen LogP contribution in [0.3, 0.4) is 0 Å². The van der Waals surface area contributed by atoms with Crippen molar-refractivity contribution >= 4 is 11.6 Å². The fraction of sp³-hybridized carbons (Fsp3) is 0.278. The molecule has 6 nitrogen and oxygen atoms in total. The lowest BCUT2D eigenvalue weighted by Gasteiger charge is -2.11. The molecule has 2 aromatic heterocycles. The Labute approximate surface area is 141 Å². The molecule has 1 aromatic carbocycles. The van der Waals surface area contributed by atoms with Gasteiger partial charge in [0.2, 0.25) is 0 Å². The number of benzene rings is 1. The molecule has 0 atom stereocenters. The molecule has 0 spiro atoms. The van der Waals surface area contributed by atoms with Crippen molar-refractivity contribution in [1.82, 2.24) is 25.2 Å². The van der Waals surface area contributed by atoms with Crippen LogP contribution in [-0.2, 0) is 12.8 Å². The monoisotopic (exact) mass is 322 g/mol. The fourth-order valence-electron chi connectivity index (χ4n) is 2.54. The Morgan fingerprint density at radius 2 is 1.71 bits per heavy atom. The summed E-state index contributed by atoms with van der Waals surface area (Å²) in [6.07, 6.45) is 3.73. The van der Waals surface area contributed by atoms with E-state index in [1.807, 2.05) is 34.9 Å². The highest BCUT2D eigenvalue weighted by Crippen LogP contribution is 2.02. The van der Waals surface area contributed by atoms with Crippen LogP contribution in [0.2, 0.25) is 0 Å². The van der Waals surface area contributed by atoms with E-state index in [2.05, 4.69) is 50.1 Å². The Hall–Kier alpha value is -2.89. The predicted octanol–water partition coefficient (Wildman–Crippen LogP) is 1.68. The van der Waals surface area contributed by atoms with Gasteiger partial charge in [-0.2, -0.15) is 0 Å². The molecule has 0 radical (unpaired) electrons. The van der Waals surface area contributed by atoms with Gasteiger partial charge in [0.05, 0.1) is 0 Å². The van der Waals surface area contributed by atoms with Gasteiger partial charge in [-0.05, 0) is 24.1 Å². The van der Waals surface area contributed by atoms with Crippen LogP contribution in [0, 0.1) is 0 Å². The largest absolute Gasteiger partial charge is 0.356 e. The minimum absolute atomic E-state index is 0.751. The third-order valence-corrected chi connectivity index (χ3v) is 3.80. The Bertz CT molecular complexity index is 793. The molecular formula is C18H22N6. The first-order valence-electron chi connectivity index (χ1n) is 8.14. The Balaban J connectivity index is 1.44. The average molecular weight is 322 g/mol. The van der Waals surface area contributed by atoms with E-state index in [0.717, 1.165) is 43.4 Å². The van der Waals surface area contributed by atoms with Gasteiger partial charge in [-0.25, -0.2) is 0 Å². The Morgan fingerprint density at radius 3 is 2.50 bits per heavy atom. The van der Waals surface area contributed by atoms with Gasteiger partial charge in [-0.15, -0.1) is 10.2 Å². The predicted molar refractivity (Wildman–Crippen MR) is 96.2 cm³/mol. The van der Waals surface area contributed by atoms with Crippen molar-refractivity contribution in [3.05, 3.63) is 66.1 Å². The molecule has 0 aliphatic rings. The summed E-state index contributed by atoms with van der Waals surface area (Å²) in [5.41, 5.74) is 2.19. The van der Waals surface area contributed by atoms with Crippen molar-refractivity contribution in [3.63, 3.8) is 0 Å². The van der Waals surface area contributed by atoms with E-state index in [0.29, 0.717) is 0 Å². The number of hydrogen-bond donors (Lipinski definition) is 2. The van der Waals surface area contributed by atoms with Crippen LogP contribution in [0.15, 0.2) is 59.7 Å². The maximum Gasteiger partial charge on any atom is 0.191 e. The minimum atomic E-state index is 0.751. The summed E-state index contributed by atoms with van der Waals surface area (Å²) < 4.78 is 2.01. The number of nitrogens with one attached hydrogen (secondary N) is 2. The molecule has 2 N–H and O–H groups in total. The highest BCUT2D eigenvalue weighted by atomic mass is 15.2. The van der Waals surface area contributed by atoms with E-state index in [-0.39, 0.29) is 0 Å². The molecule has 3 aromatic rings. The number of aliphatic imine (C=N–C) groups is 1. The van der Waals surface area contributed by atoms with Gasteiger partial charge in [0.25, 0.3) is 0 Å². The second-order valence-corrected chi connectivity index (χ2v) is 5.46. The van der Waals surface area contributed by atoms with E-state index in [9.17, 15) is 0 Å². The molecule has 6 heteroatoms. The summed E-state index contributed by atoms with van der Waals surface area (Å²) >= 11 is 0. The summed E-state index contributed by atoms with van der Waals surface area (Å²) in [5, 5.41) is 15.0. The Morgan fingerprint density at radius 1 is 0.958 bits per heavy atom. The molecule has 3 rings (SSSR count). The summed E-state index contributed by atoms with van der Waals surface area (Å²) in [6, 6.07) is 16.3. The van der Waals surface area contributed by atoms with Crippen molar-refractivity contribution in [2.45, 2.75) is 12.8 Å². The number of pyridine rings is 1. The summed E-state index contributed by atoms with van der Waals surface area (Å²) in [5.74, 6) is 1.75. The topological polar surface area (TPSA) is 66.6 Å². The first-order chi connectivity index (χ1) is 11.9. The third-order valence-electron chi connectivity index (χ3n) is 3.80. The maximum absolute atomic E-state index is 4.25. The van der Waals surface area contributed by atoms with Gasteiger partial charge >= 0.3 is 0 Å². The number of nitrogens with zero attached hydrogens (tertiary/aromatic N) is 4. The van der Waals surface area contributed by atoms with E-state index in [1.54, 1.807) is 7.05 Å².